The highest BCUT2D eigenvalue weighted by molar-refractivity contribution is 7.15. The van der Waals surface area contributed by atoms with Crippen molar-refractivity contribution in [3.05, 3.63) is 86.7 Å². The molecule has 0 radical (unpaired) electrons. The van der Waals surface area contributed by atoms with E-state index in [9.17, 15) is 9.59 Å². The van der Waals surface area contributed by atoms with Crippen LogP contribution in [0.2, 0.25) is 0 Å². The molecule has 0 aliphatic carbocycles. The van der Waals surface area contributed by atoms with Gasteiger partial charge < -0.3 is 13.9 Å². The lowest BCUT2D eigenvalue weighted by Gasteiger charge is -2.23. The molecule has 0 bridgehead atoms. The predicted octanol–water partition coefficient (Wildman–Crippen LogP) is 4.97. The van der Waals surface area contributed by atoms with Crippen molar-refractivity contribution in [3.63, 3.8) is 0 Å². The number of nitrogens with zero attached hydrogens (tertiary/aromatic N) is 3. The van der Waals surface area contributed by atoms with Crippen LogP contribution in [-0.4, -0.2) is 29.3 Å². The van der Waals surface area contributed by atoms with E-state index in [0.717, 1.165) is 5.56 Å². The summed E-state index contributed by atoms with van der Waals surface area (Å²) in [6, 6.07) is 9.94. The van der Waals surface area contributed by atoms with E-state index in [2.05, 4.69) is 16.8 Å². The van der Waals surface area contributed by atoms with Crippen molar-refractivity contribution in [1.82, 2.24) is 10.2 Å². The Balaban J connectivity index is 1.75. The number of ether oxygens (including phenoxy) is 2. The molecule has 0 spiro atoms. The van der Waals surface area contributed by atoms with Gasteiger partial charge in [0.25, 0.3) is 5.91 Å². The van der Waals surface area contributed by atoms with Gasteiger partial charge in [-0.25, -0.2) is 0 Å². The maximum Gasteiger partial charge on any atom is 0.297 e. The van der Waals surface area contributed by atoms with Gasteiger partial charge in [-0.15, -0.1) is 10.2 Å². The Morgan fingerprint density at radius 3 is 2.66 bits per heavy atom. The average Bonchev–Trinajstić information content (AvgIpc) is 3.39. The molecule has 2 aromatic heterocycles. The summed E-state index contributed by atoms with van der Waals surface area (Å²) in [4.78, 5) is 28.9. The molecule has 1 aliphatic rings. The summed E-state index contributed by atoms with van der Waals surface area (Å²) in [6.45, 7) is 10.0. The maximum absolute atomic E-state index is 13.8. The van der Waals surface area contributed by atoms with Gasteiger partial charge in [-0.05, 0) is 50.6 Å². The van der Waals surface area contributed by atoms with Gasteiger partial charge in [-0.3, -0.25) is 14.5 Å². The van der Waals surface area contributed by atoms with Crippen LogP contribution in [0, 0.1) is 13.8 Å². The highest BCUT2D eigenvalue weighted by Gasteiger charge is 2.45. The third-order valence-electron chi connectivity index (χ3n) is 5.69. The molecule has 1 amide bonds. The number of amides is 1. The fourth-order valence-electron chi connectivity index (χ4n) is 4.21. The minimum absolute atomic E-state index is 0.00847. The Morgan fingerprint density at radius 1 is 1.11 bits per heavy atom. The molecule has 35 heavy (non-hydrogen) atoms. The van der Waals surface area contributed by atoms with E-state index in [4.69, 9.17) is 13.9 Å². The highest BCUT2D eigenvalue weighted by atomic mass is 32.1. The summed E-state index contributed by atoms with van der Waals surface area (Å²) in [6.07, 6.45) is 1.65. The van der Waals surface area contributed by atoms with E-state index >= 15 is 0 Å². The molecule has 0 N–H and O–H groups in total. The number of benzene rings is 2. The maximum atomic E-state index is 13.8. The number of fused-ring (bicyclic) bond motifs is 2. The van der Waals surface area contributed by atoms with E-state index in [-0.39, 0.29) is 16.8 Å². The van der Waals surface area contributed by atoms with E-state index in [1.165, 1.54) is 16.2 Å². The molecule has 1 unspecified atom stereocenters. The minimum Gasteiger partial charge on any atom is -0.490 e. The normalized spacial score (nSPS) is 14.9. The second-order valence-electron chi connectivity index (χ2n) is 8.09. The van der Waals surface area contributed by atoms with Gasteiger partial charge in [-0.1, -0.05) is 41.7 Å². The number of aryl methyl sites for hydroxylation is 2. The van der Waals surface area contributed by atoms with Gasteiger partial charge in [0.2, 0.25) is 10.9 Å². The minimum atomic E-state index is -0.765. The summed E-state index contributed by atoms with van der Waals surface area (Å²) in [5, 5.41) is 9.79. The molecule has 9 heteroatoms. The van der Waals surface area contributed by atoms with Crippen molar-refractivity contribution >= 4 is 33.3 Å². The van der Waals surface area contributed by atoms with Gasteiger partial charge >= 0.3 is 0 Å². The van der Waals surface area contributed by atoms with Crippen LogP contribution < -0.4 is 19.8 Å². The van der Waals surface area contributed by atoms with Gasteiger partial charge in [0.05, 0.1) is 23.6 Å². The molecule has 2 aromatic carbocycles. The first-order valence-electron chi connectivity index (χ1n) is 11.1. The van der Waals surface area contributed by atoms with Crippen LogP contribution in [0.15, 0.2) is 58.3 Å². The number of hydrogen-bond acceptors (Lipinski definition) is 8. The second kappa shape index (κ2) is 8.99. The smallest absolute Gasteiger partial charge is 0.297 e. The highest BCUT2D eigenvalue weighted by Crippen LogP contribution is 2.44. The Morgan fingerprint density at radius 2 is 1.94 bits per heavy atom. The van der Waals surface area contributed by atoms with Gasteiger partial charge in [0.1, 0.15) is 17.2 Å². The van der Waals surface area contributed by atoms with Crippen LogP contribution in [0.1, 0.15) is 45.2 Å². The summed E-state index contributed by atoms with van der Waals surface area (Å²) in [7, 11) is 0. The summed E-state index contributed by atoms with van der Waals surface area (Å²) in [5.74, 6) is 0.613. The molecule has 0 fully saturated rings. The number of rotatable bonds is 7. The quantitative estimate of drug-likeness (QED) is 0.338. The molecule has 0 saturated heterocycles. The number of hydrogen-bond donors (Lipinski definition) is 0. The molecular formula is C26H23N3O5S. The molecular weight excluding hydrogens is 466 g/mol. The number of carbonyl (C=O) groups is 1. The molecule has 178 valence electrons. The third-order valence-corrected chi connectivity index (χ3v) is 6.53. The van der Waals surface area contributed by atoms with E-state index < -0.39 is 11.9 Å². The molecule has 8 nitrogen and oxygen atoms in total. The Hall–Kier alpha value is -3.98. The standard InChI is InChI=1S/C26H23N3O5S/c1-5-11-33-19-10-8-16(13-20(19)32-6-2)22-21-23(30)17-12-14(3)7-9-18(17)34-24(21)25(31)29(22)26-28-27-15(4)35-26/h5,7-10,12-13,22H,1,6,11H2,2-4H3. The van der Waals surface area contributed by atoms with Crippen LogP contribution in [0.25, 0.3) is 11.0 Å². The zero-order chi connectivity index (χ0) is 24.7. The zero-order valence-corrected chi connectivity index (χ0v) is 20.3. The molecule has 4 aromatic rings. The number of anilines is 1. The fraction of sp³-hybridized carbons (Fsp3) is 0.231. The van der Waals surface area contributed by atoms with Crippen LogP contribution in [0.5, 0.6) is 11.5 Å². The predicted molar refractivity (Wildman–Crippen MR) is 134 cm³/mol. The van der Waals surface area contributed by atoms with Gasteiger partial charge in [0.15, 0.2) is 16.9 Å². The van der Waals surface area contributed by atoms with Crippen LogP contribution in [0.4, 0.5) is 5.13 Å². The third kappa shape index (κ3) is 3.87. The number of aromatic nitrogens is 2. The first-order valence-corrected chi connectivity index (χ1v) is 12.0. The van der Waals surface area contributed by atoms with E-state index in [0.29, 0.717) is 51.4 Å². The summed E-state index contributed by atoms with van der Waals surface area (Å²) >= 11 is 1.27. The van der Waals surface area contributed by atoms with Crippen molar-refractivity contribution in [1.29, 1.82) is 0 Å². The lowest BCUT2D eigenvalue weighted by molar-refractivity contribution is 0.0970. The lowest BCUT2D eigenvalue weighted by atomic mass is 9.98. The Kier molecular flexibility index (Phi) is 5.86. The number of carbonyl (C=O) groups excluding carboxylic acids is 1. The lowest BCUT2D eigenvalue weighted by Crippen LogP contribution is -2.29. The Labute approximate surface area is 205 Å². The molecule has 1 aliphatic heterocycles. The van der Waals surface area contributed by atoms with E-state index in [1.807, 2.05) is 32.9 Å². The largest absolute Gasteiger partial charge is 0.490 e. The van der Waals surface area contributed by atoms with Crippen LogP contribution >= 0.6 is 11.3 Å². The SMILES string of the molecule is C=CCOc1ccc(C2c3c(oc4ccc(C)cc4c3=O)C(=O)N2c2nnc(C)s2)cc1OCC. The Bertz CT molecular complexity index is 1520. The van der Waals surface area contributed by atoms with Crippen LogP contribution in [0.3, 0.4) is 0 Å². The van der Waals surface area contributed by atoms with Crippen molar-refractivity contribution < 1.29 is 18.7 Å². The molecule has 3 heterocycles. The summed E-state index contributed by atoms with van der Waals surface area (Å²) in [5.41, 5.74) is 1.97. The molecule has 5 rings (SSSR count). The monoisotopic (exact) mass is 489 g/mol. The van der Waals surface area contributed by atoms with Crippen molar-refractivity contribution in [3.8, 4) is 11.5 Å². The first-order chi connectivity index (χ1) is 16.9. The van der Waals surface area contributed by atoms with Gasteiger partial charge in [0, 0.05) is 0 Å². The molecule has 0 saturated carbocycles. The second-order valence-corrected chi connectivity index (χ2v) is 9.25. The first kappa shape index (κ1) is 22.8. The topological polar surface area (TPSA) is 94.8 Å². The van der Waals surface area contributed by atoms with E-state index in [1.54, 1.807) is 30.3 Å². The van der Waals surface area contributed by atoms with Crippen LogP contribution in [-0.2, 0) is 0 Å². The summed E-state index contributed by atoms with van der Waals surface area (Å²) < 4.78 is 17.6. The van der Waals surface area contributed by atoms with Crippen molar-refractivity contribution in [2.75, 3.05) is 18.1 Å². The molecule has 1 atom stereocenters. The van der Waals surface area contributed by atoms with Crippen molar-refractivity contribution in [2.45, 2.75) is 26.8 Å². The van der Waals surface area contributed by atoms with Crippen molar-refractivity contribution in [2.24, 2.45) is 0 Å². The fourth-order valence-corrected chi connectivity index (χ4v) is 4.93. The zero-order valence-electron chi connectivity index (χ0n) is 19.5. The average molecular weight is 490 g/mol. The van der Waals surface area contributed by atoms with Gasteiger partial charge in [-0.2, -0.15) is 0 Å².